The molecule has 3 atom stereocenters. The van der Waals surface area contributed by atoms with Crippen molar-refractivity contribution < 1.29 is 19.4 Å². The van der Waals surface area contributed by atoms with Gasteiger partial charge in [0.25, 0.3) is 0 Å². The molecule has 0 bridgehead atoms. The van der Waals surface area contributed by atoms with Gasteiger partial charge in [-0.2, -0.15) is 0 Å². The van der Waals surface area contributed by atoms with E-state index in [1.807, 2.05) is 35.3 Å². The fourth-order valence-electron chi connectivity index (χ4n) is 4.46. The first-order valence-corrected chi connectivity index (χ1v) is 12.3. The molecule has 0 radical (unpaired) electrons. The second-order valence-electron chi connectivity index (χ2n) is 9.22. The number of likely N-dealkylation sites (tertiary alicyclic amines) is 1. The van der Waals surface area contributed by atoms with Gasteiger partial charge in [-0.15, -0.1) is 0 Å². The fourth-order valence-corrected chi connectivity index (χ4v) is 4.46. The SMILES string of the molecule is COC(=O)c1ccc(CCN2C(=O)CC[C@@H]2/C=C/[C@@H](O)[C@@H](C)CCCCc2ccccc2)cc1. The number of esters is 1. The van der Waals surface area contributed by atoms with Gasteiger partial charge in [-0.1, -0.05) is 68.0 Å². The Bertz CT molecular complexity index is 938. The maximum Gasteiger partial charge on any atom is 0.337 e. The lowest BCUT2D eigenvalue weighted by atomic mass is 9.95. The second-order valence-corrected chi connectivity index (χ2v) is 9.22. The third-order valence-corrected chi connectivity index (χ3v) is 6.72. The average Bonchev–Trinajstić information content (AvgIpc) is 3.23. The Hall–Kier alpha value is -2.92. The maximum atomic E-state index is 12.4. The van der Waals surface area contributed by atoms with E-state index in [4.69, 9.17) is 4.74 Å². The van der Waals surface area contributed by atoms with Crippen molar-refractivity contribution in [1.29, 1.82) is 0 Å². The Balaban J connectivity index is 1.44. The summed E-state index contributed by atoms with van der Waals surface area (Å²) in [5, 5.41) is 10.6. The molecule has 5 heteroatoms. The lowest BCUT2D eigenvalue weighted by Crippen LogP contribution is -2.34. The Labute approximate surface area is 203 Å². The zero-order valence-electron chi connectivity index (χ0n) is 20.4. The van der Waals surface area contributed by atoms with Crippen LogP contribution in [0.25, 0.3) is 0 Å². The first kappa shape index (κ1) is 25.7. The molecule has 0 aliphatic carbocycles. The highest BCUT2D eigenvalue weighted by molar-refractivity contribution is 5.89. The lowest BCUT2D eigenvalue weighted by Gasteiger charge is -2.23. The molecule has 1 N–H and O–H groups in total. The van der Waals surface area contributed by atoms with Gasteiger partial charge >= 0.3 is 5.97 Å². The molecule has 1 aliphatic heterocycles. The first-order chi connectivity index (χ1) is 16.5. The van der Waals surface area contributed by atoms with Gasteiger partial charge in [-0.3, -0.25) is 4.79 Å². The number of carbonyl (C=O) groups excluding carboxylic acids is 2. The zero-order valence-corrected chi connectivity index (χ0v) is 20.4. The van der Waals surface area contributed by atoms with Crippen LogP contribution in [0.3, 0.4) is 0 Å². The summed E-state index contributed by atoms with van der Waals surface area (Å²) in [7, 11) is 1.37. The number of ether oxygens (including phenoxy) is 1. The van der Waals surface area contributed by atoms with Crippen molar-refractivity contribution >= 4 is 11.9 Å². The van der Waals surface area contributed by atoms with Crippen molar-refractivity contribution in [2.75, 3.05) is 13.7 Å². The highest BCUT2D eigenvalue weighted by atomic mass is 16.5. The number of nitrogens with zero attached hydrogens (tertiary/aromatic N) is 1. The molecule has 0 aromatic heterocycles. The fraction of sp³-hybridized carbons (Fsp3) is 0.448. The quantitative estimate of drug-likeness (QED) is 0.274. The van der Waals surface area contributed by atoms with Crippen LogP contribution in [0.4, 0.5) is 0 Å². The summed E-state index contributed by atoms with van der Waals surface area (Å²) < 4.78 is 4.73. The molecule has 1 saturated heterocycles. The van der Waals surface area contributed by atoms with Crippen molar-refractivity contribution in [2.24, 2.45) is 5.92 Å². The highest BCUT2D eigenvalue weighted by Crippen LogP contribution is 2.22. The van der Waals surface area contributed by atoms with Crippen LogP contribution < -0.4 is 0 Å². The van der Waals surface area contributed by atoms with Crippen LogP contribution in [0.5, 0.6) is 0 Å². The Morgan fingerprint density at radius 3 is 2.50 bits per heavy atom. The van der Waals surface area contributed by atoms with Crippen LogP contribution in [-0.4, -0.2) is 47.7 Å². The van der Waals surface area contributed by atoms with Gasteiger partial charge in [0, 0.05) is 13.0 Å². The maximum absolute atomic E-state index is 12.4. The van der Waals surface area contributed by atoms with Gasteiger partial charge in [0.2, 0.25) is 5.91 Å². The van der Waals surface area contributed by atoms with E-state index < -0.39 is 6.10 Å². The number of methoxy groups -OCH3 is 1. The number of aryl methyl sites for hydroxylation is 1. The van der Waals surface area contributed by atoms with Crippen molar-refractivity contribution in [1.82, 2.24) is 4.90 Å². The smallest absolute Gasteiger partial charge is 0.337 e. The molecule has 1 aliphatic rings. The van der Waals surface area contributed by atoms with E-state index in [2.05, 4.69) is 31.2 Å². The van der Waals surface area contributed by atoms with Crippen molar-refractivity contribution in [3.8, 4) is 0 Å². The van der Waals surface area contributed by atoms with E-state index in [1.165, 1.54) is 12.7 Å². The molecule has 1 amide bonds. The normalized spacial score (nSPS) is 17.8. The third kappa shape index (κ3) is 7.56. The second kappa shape index (κ2) is 13.1. The molecule has 2 aromatic carbocycles. The highest BCUT2D eigenvalue weighted by Gasteiger charge is 2.29. The van der Waals surface area contributed by atoms with Crippen LogP contribution in [0, 0.1) is 5.92 Å². The minimum atomic E-state index is -0.500. The molecule has 0 unspecified atom stereocenters. The summed E-state index contributed by atoms with van der Waals surface area (Å²) in [6.07, 6.45) is 9.70. The lowest BCUT2D eigenvalue weighted by molar-refractivity contribution is -0.128. The zero-order chi connectivity index (χ0) is 24.3. The number of aliphatic hydroxyl groups is 1. The Kier molecular flexibility index (Phi) is 9.89. The van der Waals surface area contributed by atoms with E-state index in [9.17, 15) is 14.7 Å². The number of unbranched alkanes of at least 4 members (excludes halogenated alkanes) is 1. The molecular weight excluding hydrogens is 426 g/mol. The monoisotopic (exact) mass is 463 g/mol. The van der Waals surface area contributed by atoms with E-state index in [0.29, 0.717) is 18.5 Å². The predicted molar refractivity (Wildman–Crippen MR) is 135 cm³/mol. The Morgan fingerprint density at radius 1 is 1.09 bits per heavy atom. The van der Waals surface area contributed by atoms with E-state index in [-0.39, 0.29) is 23.8 Å². The molecule has 182 valence electrons. The van der Waals surface area contributed by atoms with Crippen molar-refractivity contribution in [3.05, 3.63) is 83.4 Å². The summed E-state index contributed by atoms with van der Waals surface area (Å²) in [6.45, 7) is 2.71. The predicted octanol–water partition coefficient (Wildman–Crippen LogP) is 4.97. The van der Waals surface area contributed by atoms with E-state index in [1.54, 1.807) is 12.1 Å². The van der Waals surface area contributed by atoms with Crippen LogP contribution >= 0.6 is 0 Å². The van der Waals surface area contributed by atoms with Gasteiger partial charge < -0.3 is 14.7 Å². The first-order valence-electron chi connectivity index (χ1n) is 12.3. The standard InChI is InChI=1S/C29H37NO4/c1-22(8-6-7-11-23-9-4-3-5-10-23)27(31)18-16-26-17-19-28(32)30(26)21-20-24-12-14-25(15-13-24)29(33)34-2/h3-5,9-10,12-16,18,22,26-27,31H,6-8,11,17,19-21H2,1-2H3/b18-16+/t22-,26-,27+/m0/s1. The topological polar surface area (TPSA) is 66.8 Å². The van der Waals surface area contributed by atoms with Gasteiger partial charge in [0.1, 0.15) is 0 Å². The summed E-state index contributed by atoms with van der Waals surface area (Å²) in [4.78, 5) is 25.9. The number of amides is 1. The van der Waals surface area contributed by atoms with Crippen molar-refractivity contribution in [3.63, 3.8) is 0 Å². The van der Waals surface area contributed by atoms with Gasteiger partial charge in [0.15, 0.2) is 0 Å². The molecule has 0 saturated carbocycles. The van der Waals surface area contributed by atoms with E-state index >= 15 is 0 Å². The van der Waals surface area contributed by atoms with Crippen LogP contribution in [-0.2, 0) is 22.4 Å². The molecule has 3 rings (SSSR count). The number of aliphatic hydroxyl groups excluding tert-OH is 1. The number of hydrogen-bond acceptors (Lipinski definition) is 4. The molecular formula is C29H37NO4. The molecule has 1 fully saturated rings. The third-order valence-electron chi connectivity index (χ3n) is 6.72. The molecule has 1 heterocycles. The van der Waals surface area contributed by atoms with Crippen LogP contribution in [0.2, 0.25) is 0 Å². The summed E-state index contributed by atoms with van der Waals surface area (Å²) in [5.74, 6) is -0.00867. The molecule has 0 spiro atoms. The average molecular weight is 464 g/mol. The molecule has 34 heavy (non-hydrogen) atoms. The largest absolute Gasteiger partial charge is 0.465 e. The number of hydrogen-bond donors (Lipinski definition) is 1. The van der Waals surface area contributed by atoms with Crippen LogP contribution in [0.15, 0.2) is 66.7 Å². The summed E-state index contributed by atoms with van der Waals surface area (Å²) in [5.41, 5.74) is 2.95. The van der Waals surface area contributed by atoms with Gasteiger partial charge in [0.05, 0.1) is 24.8 Å². The number of benzene rings is 2. The summed E-state index contributed by atoms with van der Waals surface area (Å²) in [6, 6.07) is 17.8. The molecule has 5 nitrogen and oxygen atoms in total. The van der Waals surface area contributed by atoms with Crippen molar-refractivity contribution in [2.45, 2.75) is 64.0 Å². The number of rotatable bonds is 12. The minimum Gasteiger partial charge on any atom is -0.465 e. The molecule has 2 aromatic rings. The summed E-state index contributed by atoms with van der Waals surface area (Å²) >= 11 is 0. The minimum absolute atomic E-state index is 0.0294. The number of carbonyl (C=O) groups is 2. The van der Waals surface area contributed by atoms with Gasteiger partial charge in [-0.05, 0) is 61.3 Å². The van der Waals surface area contributed by atoms with Crippen LogP contribution in [0.1, 0.15) is 60.5 Å². The van der Waals surface area contributed by atoms with Gasteiger partial charge in [-0.25, -0.2) is 4.79 Å². The Morgan fingerprint density at radius 2 is 1.79 bits per heavy atom. The van der Waals surface area contributed by atoms with E-state index in [0.717, 1.165) is 44.1 Å².